The van der Waals surface area contributed by atoms with Crippen LogP contribution in [0.5, 0.6) is 0 Å². The van der Waals surface area contributed by atoms with Crippen molar-refractivity contribution in [2.24, 2.45) is 10.4 Å². The second kappa shape index (κ2) is 7.87. The van der Waals surface area contributed by atoms with Crippen LogP contribution in [0.3, 0.4) is 0 Å². The lowest BCUT2D eigenvalue weighted by atomic mass is 9.95. The van der Waals surface area contributed by atoms with Crippen LogP contribution in [0.15, 0.2) is 4.99 Å². The van der Waals surface area contributed by atoms with E-state index >= 15 is 0 Å². The molecule has 1 atom stereocenters. The van der Waals surface area contributed by atoms with Gasteiger partial charge in [0.2, 0.25) is 0 Å². The SMILES string of the molecule is CSCC[C@H](N=CCC1OCC(C)(C)CO1)C(=O)O. The Hall–Kier alpha value is -0.590. The third kappa shape index (κ3) is 6.40. The molecule has 1 rings (SSSR count). The van der Waals surface area contributed by atoms with Gasteiger partial charge in [0, 0.05) is 18.1 Å². The fraction of sp³-hybridized carbons (Fsp3) is 0.846. The molecule has 5 nitrogen and oxygen atoms in total. The Bertz CT molecular complexity index is 310. The first-order chi connectivity index (χ1) is 8.94. The van der Waals surface area contributed by atoms with E-state index < -0.39 is 12.0 Å². The molecule has 0 unspecified atom stereocenters. The Kier molecular flexibility index (Phi) is 6.82. The van der Waals surface area contributed by atoms with Crippen LogP contribution < -0.4 is 0 Å². The molecular weight excluding hydrogens is 266 g/mol. The minimum atomic E-state index is -0.878. The van der Waals surface area contributed by atoms with E-state index in [1.54, 1.807) is 18.0 Å². The molecule has 110 valence electrons. The van der Waals surface area contributed by atoms with E-state index in [1.165, 1.54) is 0 Å². The quantitative estimate of drug-likeness (QED) is 0.727. The molecule has 0 saturated carbocycles. The highest BCUT2D eigenvalue weighted by atomic mass is 32.2. The number of aliphatic carboxylic acids is 1. The molecule has 1 aliphatic rings. The molecular formula is C13H23NO4S. The van der Waals surface area contributed by atoms with E-state index in [9.17, 15) is 4.79 Å². The highest BCUT2D eigenvalue weighted by Gasteiger charge is 2.27. The van der Waals surface area contributed by atoms with Gasteiger partial charge in [-0.05, 0) is 18.4 Å². The van der Waals surface area contributed by atoms with Crippen LogP contribution in [0.2, 0.25) is 0 Å². The monoisotopic (exact) mass is 289 g/mol. The van der Waals surface area contributed by atoms with Crippen molar-refractivity contribution in [1.29, 1.82) is 0 Å². The molecule has 0 bridgehead atoms. The van der Waals surface area contributed by atoms with Crippen molar-refractivity contribution in [1.82, 2.24) is 0 Å². The third-order valence-electron chi connectivity index (χ3n) is 2.78. The summed E-state index contributed by atoms with van der Waals surface area (Å²) in [5.74, 6) is -0.0873. The molecule has 0 aromatic rings. The Morgan fingerprint density at radius 1 is 1.53 bits per heavy atom. The van der Waals surface area contributed by atoms with E-state index in [2.05, 4.69) is 18.8 Å². The summed E-state index contributed by atoms with van der Waals surface area (Å²) < 4.78 is 11.1. The number of rotatable bonds is 7. The third-order valence-corrected chi connectivity index (χ3v) is 3.43. The van der Waals surface area contributed by atoms with Gasteiger partial charge in [0.1, 0.15) is 6.04 Å². The Morgan fingerprint density at radius 2 is 2.16 bits per heavy atom. The van der Waals surface area contributed by atoms with E-state index in [1.807, 2.05) is 6.26 Å². The zero-order valence-corrected chi connectivity index (χ0v) is 12.6. The Balaban J connectivity index is 2.33. The zero-order valence-electron chi connectivity index (χ0n) is 11.8. The van der Waals surface area contributed by atoms with Crippen molar-refractivity contribution in [2.45, 2.75) is 39.0 Å². The van der Waals surface area contributed by atoms with Crippen LogP contribution in [0, 0.1) is 5.41 Å². The second-order valence-electron chi connectivity index (χ2n) is 5.42. The Labute approximate surface area is 118 Å². The van der Waals surface area contributed by atoms with Gasteiger partial charge < -0.3 is 14.6 Å². The average Bonchev–Trinajstić information content (AvgIpc) is 2.35. The van der Waals surface area contributed by atoms with E-state index in [0.717, 1.165) is 5.75 Å². The average molecular weight is 289 g/mol. The van der Waals surface area contributed by atoms with Crippen LogP contribution in [-0.4, -0.2) is 54.8 Å². The van der Waals surface area contributed by atoms with Gasteiger partial charge in [-0.3, -0.25) is 4.99 Å². The van der Waals surface area contributed by atoms with Gasteiger partial charge in [0.25, 0.3) is 0 Å². The van der Waals surface area contributed by atoms with Gasteiger partial charge in [-0.25, -0.2) is 4.79 Å². The number of nitrogens with zero attached hydrogens (tertiary/aromatic N) is 1. The summed E-state index contributed by atoms with van der Waals surface area (Å²) in [7, 11) is 0. The summed E-state index contributed by atoms with van der Waals surface area (Å²) in [5.41, 5.74) is 0.0512. The number of hydrogen-bond acceptors (Lipinski definition) is 5. The largest absolute Gasteiger partial charge is 0.480 e. The van der Waals surface area contributed by atoms with Crippen molar-refractivity contribution < 1.29 is 19.4 Å². The first-order valence-corrected chi connectivity index (χ1v) is 7.80. The molecule has 0 radical (unpaired) electrons. The summed E-state index contributed by atoms with van der Waals surface area (Å²) in [6.07, 6.45) is 4.31. The standard InChI is InChI=1S/C13H23NO4S/c1-13(2)8-17-11(18-9-13)4-6-14-10(12(15)16)5-7-19-3/h6,10-11H,4-5,7-9H2,1-3H3,(H,15,16)/t10-/m0/s1. The van der Waals surface area contributed by atoms with Crippen LogP contribution in [-0.2, 0) is 14.3 Å². The molecule has 1 N–H and O–H groups in total. The van der Waals surface area contributed by atoms with E-state index in [0.29, 0.717) is 26.1 Å². The lowest BCUT2D eigenvalue weighted by Crippen LogP contribution is -2.37. The molecule has 0 spiro atoms. The van der Waals surface area contributed by atoms with E-state index in [4.69, 9.17) is 14.6 Å². The predicted octanol–water partition coefficient (Wildman–Crippen LogP) is 2.05. The second-order valence-corrected chi connectivity index (χ2v) is 6.40. The van der Waals surface area contributed by atoms with Crippen molar-refractivity contribution in [2.75, 3.05) is 25.2 Å². The zero-order chi connectivity index (χ0) is 14.3. The number of carbonyl (C=O) groups is 1. The maximum absolute atomic E-state index is 11.0. The summed E-state index contributed by atoms with van der Waals surface area (Å²) in [4.78, 5) is 15.1. The van der Waals surface area contributed by atoms with Crippen LogP contribution in [0.1, 0.15) is 26.7 Å². The summed E-state index contributed by atoms with van der Waals surface area (Å²) in [6, 6.07) is -0.660. The molecule has 1 aliphatic heterocycles. The minimum Gasteiger partial charge on any atom is -0.480 e. The normalized spacial score (nSPS) is 21.6. The fourth-order valence-corrected chi connectivity index (χ4v) is 2.09. The van der Waals surface area contributed by atoms with Crippen LogP contribution in [0.4, 0.5) is 0 Å². The van der Waals surface area contributed by atoms with Gasteiger partial charge in [0.15, 0.2) is 6.29 Å². The van der Waals surface area contributed by atoms with Crippen LogP contribution >= 0.6 is 11.8 Å². The highest BCUT2D eigenvalue weighted by molar-refractivity contribution is 7.98. The topological polar surface area (TPSA) is 68.1 Å². The predicted molar refractivity (Wildman–Crippen MR) is 77.0 cm³/mol. The van der Waals surface area contributed by atoms with Gasteiger partial charge in [-0.15, -0.1) is 0 Å². The Morgan fingerprint density at radius 3 is 2.68 bits per heavy atom. The molecule has 1 saturated heterocycles. The van der Waals surface area contributed by atoms with Gasteiger partial charge in [-0.1, -0.05) is 13.8 Å². The van der Waals surface area contributed by atoms with Crippen molar-refractivity contribution in [3.8, 4) is 0 Å². The number of hydrogen-bond donors (Lipinski definition) is 1. The van der Waals surface area contributed by atoms with Crippen molar-refractivity contribution >= 4 is 23.9 Å². The number of carboxylic acid groups (broad SMARTS) is 1. The molecule has 0 amide bonds. The highest BCUT2D eigenvalue weighted by Crippen LogP contribution is 2.23. The molecule has 6 heteroatoms. The molecule has 0 aromatic carbocycles. The maximum Gasteiger partial charge on any atom is 0.328 e. The summed E-state index contributed by atoms with van der Waals surface area (Å²) >= 11 is 1.62. The summed E-state index contributed by atoms with van der Waals surface area (Å²) in [6.45, 7) is 5.47. The minimum absolute atomic E-state index is 0.0512. The van der Waals surface area contributed by atoms with Gasteiger partial charge >= 0.3 is 5.97 Å². The van der Waals surface area contributed by atoms with Crippen LogP contribution in [0.25, 0.3) is 0 Å². The molecule has 0 aliphatic carbocycles. The fourth-order valence-electron chi connectivity index (χ4n) is 1.63. The maximum atomic E-state index is 11.0. The smallest absolute Gasteiger partial charge is 0.328 e. The number of aliphatic imine (C=N–C) groups is 1. The van der Waals surface area contributed by atoms with Gasteiger partial charge in [-0.2, -0.15) is 11.8 Å². The number of thioether (sulfide) groups is 1. The molecule has 0 aromatic heterocycles. The molecule has 1 fully saturated rings. The first-order valence-electron chi connectivity index (χ1n) is 6.41. The van der Waals surface area contributed by atoms with Crippen molar-refractivity contribution in [3.63, 3.8) is 0 Å². The lowest BCUT2D eigenvalue weighted by molar-refractivity contribution is -0.217. The van der Waals surface area contributed by atoms with Crippen molar-refractivity contribution in [3.05, 3.63) is 0 Å². The molecule has 19 heavy (non-hydrogen) atoms. The van der Waals surface area contributed by atoms with Gasteiger partial charge in [0.05, 0.1) is 13.2 Å². The lowest BCUT2D eigenvalue weighted by Gasteiger charge is -2.34. The van der Waals surface area contributed by atoms with E-state index in [-0.39, 0.29) is 11.7 Å². The summed E-state index contributed by atoms with van der Waals surface area (Å²) in [5, 5.41) is 9.02. The molecule has 1 heterocycles. The first kappa shape index (κ1) is 16.5. The number of carboxylic acids is 1. The number of ether oxygens (including phenoxy) is 2.